The van der Waals surface area contributed by atoms with Gasteiger partial charge in [0, 0.05) is 16.7 Å². The molecular weight excluding hydrogens is 357 g/mol. The molecule has 1 aliphatic rings. The lowest BCUT2D eigenvalue weighted by atomic mass is 9.91. The Bertz CT molecular complexity index is 867. The normalized spacial score (nSPS) is 15.0. The molecule has 0 bridgehead atoms. The summed E-state index contributed by atoms with van der Waals surface area (Å²) in [6.45, 7) is 0. The summed E-state index contributed by atoms with van der Waals surface area (Å²) in [7, 11) is 0. The molecule has 0 aromatic heterocycles. The highest BCUT2D eigenvalue weighted by molar-refractivity contribution is 6.29. The smallest absolute Gasteiger partial charge is 0.293 e. The summed E-state index contributed by atoms with van der Waals surface area (Å²) in [5.41, 5.74) is -4.91. The topological polar surface area (TPSA) is 34.1 Å². The first kappa shape index (κ1) is 17.1. The van der Waals surface area contributed by atoms with Crippen molar-refractivity contribution in [3.05, 3.63) is 69.8 Å². The molecule has 1 aliphatic carbocycles. The standard InChI is InChI=1S/C16H5F7O2/c17-10-7(11(18)13(20)9(12(10)19)16(21,22)23)8-14(24)5-3-1-2-4-6(5)15(8)25/h1-4,8H. The molecule has 0 fully saturated rings. The van der Waals surface area contributed by atoms with Gasteiger partial charge in [-0.25, -0.2) is 17.6 Å². The van der Waals surface area contributed by atoms with Gasteiger partial charge >= 0.3 is 6.18 Å². The molecule has 0 atom stereocenters. The zero-order valence-electron chi connectivity index (χ0n) is 11.8. The van der Waals surface area contributed by atoms with Gasteiger partial charge in [0.2, 0.25) is 0 Å². The Labute approximate surface area is 134 Å². The van der Waals surface area contributed by atoms with Gasteiger partial charge in [-0.15, -0.1) is 0 Å². The third kappa shape index (κ3) is 2.33. The van der Waals surface area contributed by atoms with E-state index >= 15 is 0 Å². The molecule has 0 saturated carbocycles. The van der Waals surface area contributed by atoms with Crippen LogP contribution < -0.4 is 0 Å². The van der Waals surface area contributed by atoms with Crippen LogP contribution >= 0.6 is 0 Å². The van der Waals surface area contributed by atoms with Crippen LogP contribution in [0.25, 0.3) is 0 Å². The lowest BCUT2D eigenvalue weighted by molar-refractivity contribution is -0.143. The van der Waals surface area contributed by atoms with Crippen molar-refractivity contribution in [1.29, 1.82) is 0 Å². The number of Topliss-reactive ketones (excluding diaryl/α,β-unsaturated/α-hetero) is 2. The van der Waals surface area contributed by atoms with Crippen molar-refractivity contribution in [3.8, 4) is 0 Å². The Hall–Kier alpha value is -2.71. The Balaban J connectivity index is 2.28. The Morgan fingerprint density at radius 2 is 1.12 bits per heavy atom. The van der Waals surface area contributed by atoms with Crippen LogP contribution in [0.5, 0.6) is 0 Å². The molecule has 0 N–H and O–H groups in total. The summed E-state index contributed by atoms with van der Waals surface area (Å²) < 4.78 is 93.4. The zero-order chi connectivity index (χ0) is 18.7. The highest BCUT2D eigenvalue weighted by atomic mass is 19.4. The van der Waals surface area contributed by atoms with E-state index in [2.05, 4.69) is 0 Å². The Morgan fingerprint density at radius 1 is 0.720 bits per heavy atom. The molecule has 0 saturated heterocycles. The van der Waals surface area contributed by atoms with E-state index in [1.54, 1.807) is 0 Å². The van der Waals surface area contributed by atoms with Crippen LogP contribution in [-0.2, 0) is 6.18 Å². The van der Waals surface area contributed by atoms with Crippen LogP contribution in [0.4, 0.5) is 30.7 Å². The molecule has 3 rings (SSSR count). The van der Waals surface area contributed by atoms with Crippen molar-refractivity contribution in [2.75, 3.05) is 0 Å². The third-order valence-corrected chi connectivity index (χ3v) is 3.85. The molecule has 25 heavy (non-hydrogen) atoms. The van der Waals surface area contributed by atoms with Gasteiger partial charge in [0.25, 0.3) is 0 Å². The minimum Gasteiger partial charge on any atom is -0.293 e. The summed E-state index contributed by atoms with van der Waals surface area (Å²) in [5.74, 6) is -14.9. The number of carbonyl (C=O) groups is 2. The van der Waals surface area contributed by atoms with E-state index in [0.29, 0.717) is 0 Å². The van der Waals surface area contributed by atoms with E-state index in [-0.39, 0.29) is 11.1 Å². The predicted octanol–water partition coefficient (Wildman–Crippen LogP) is 4.42. The van der Waals surface area contributed by atoms with Crippen LogP contribution in [0.2, 0.25) is 0 Å². The summed E-state index contributed by atoms with van der Waals surface area (Å²) in [5, 5.41) is 0. The molecule has 0 spiro atoms. The van der Waals surface area contributed by atoms with Gasteiger partial charge in [-0.2, -0.15) is 13.2 Å². The summed E-state index contributed by atoms with van der Waals surface area (Å²) >= 11 is 0. The van der Waals surface area contributed by atoms with Crippen molar-refractivity contribution in [2.24, 2.45) is 0 Å². The number of benzene rings is 2. The summed E-state index contributed by atoms with van der Waals surface area (Å²) in [6, 6.07) is 4.99. The average Bonchev–Trinajstić information content (AvgIpc) is 2.78. The monoisotopic (exact) mass is 362 g/mol. The first-order chi connectivity index (χ1) is 11.6. The first-order valence-corrected chi connectivity index (χ1v) is 6.67. The molecule has 0 amide bonds. The van der Waals surface area contributed by atoms with Crippen LogP contribution in [-0.4, -0.2) is 11.6 Å². The molecule has 0 heterocycles. The van der Waals surface area contributed by atoms with E-state index in [9.17, 15) is 40.3 Å². The molecule has 2 aromatic rings. The minimum absolute atomic E-state index is 0.239. The fourth-order valence-electron chi connectivity index (χ4n) is 2.76. The molecule has 0 unspecified atom stereocenters. The Morgan fingerprint density at radius 3 is 1.48 bits per heavy atom. The van der Waals surface area contributed by atoms with E-state index in [1.807, 2.05) is 0 Å². The van der Waals surface area contributed by atoms with E-state index in [4.69, 9.17) is 0 Å². The second-order valence-corrected chi connectivity index (χ2v) is 5.25. The van der Waals surface area contributed by atoms with E-state index < -0.39 is 58.1 Å². The molecule has 9 heteroatoms. The summed E-state index contributed by atoms with van der Waals surface area (Å²) in [6.07, 6.45) is -5.71. The van der Waals surface area contributed by atoms with Gasteiger partial charge in [-0.05, 0) is 0 Å². The molecule has 2 nitrogen and oxygen atoms in total. The maximum absolute atomic E-state index is 14.1. The number of fused-ring (bicyclic) bond motifs is 1. The average molecular weight is 362 g/mol. The maximum Gasteiger partial charge on any atom is 0.422 e. The predicted molar refractivity (Wildman–Crippen MR) is 69.1 cm³/mol. The number of alkyl halides is 3. The van der Waals surface area contributed by atoms with Crippen molar-refractivity contribution in [2.45, 2.75) is 12.1 Å². The number of halogens is 7. The fraction of sp³-hybridized carbons (Fsp3) is 0.125. The highest BCUT2D eigenvalue weighted by Crippen LogP contribution is 2.42. The molecular formula is C16H5F7O2. The second-order valence-electron chi connectivity index (χ2n) is 5.25. The summed E-state index contributed by atoms with van der Waals surface area (Å²) in [4.78, 5) is 24.4. The quantitative estimate of drug-likeness (QED) is 0.427. The number of hydrogen-bond donors (Lipinski definition) is 0. The van der Waals surface area contributed by atoms with Crippen LogP contribution in [0.1, 0.15) is 37.8 Å². The van der Waals surface area contributed by atoms with Crippen molar-refractivity contribution in [3.63, 3.8) is 0 Å². The number of hydrogen-bond acceptors (Lipinski definition) is 2. The second kappa shape index (κ2) is 5.40. The van der Waals surface area contributed by atoms with Gasteiger partial charge in [0.05, 0.1) is 0 Å². The van der Waals surface area contributed by atoms with E-state index in [0.717, 1.165) is 12.1 Å². The number of rotatable bonds is 1. The highest BCUT2D eigenvalue weighted by Gasteiger charge is 2.48. The van der Waals surface area contributed by atoms with Gasteiger partial charge in [0.15, 0.2) is 34.8 Å². The van der Waals surface area contributed by atoms with Crippen molar-refractivity contribution < 1.29 is 40.3 Å². The molecule has 130 valence electrons. The first-order valence-electron chi connectivity index (χ1n) is 6.67. The van der Waals surface area contributed by atoms with Crippen LogP contribution in [0.3, 0.4) is 0 Å². The number of carbonyl (C=O) groups excluding carboxylic acids is 2. The largest absolute Gasteiger partial charge is 0.422 e. The Kier molecular flexibility index (Phi) is 3.70. The van der Waals surface area contributed by atoms with Crippen LogP contribution in [0.15, 0.2) is 24.3 Å². The minimum atomic E-state index is -5.71. The van der Waals surface area contributed by atoms with Gasteiger partial charge in [-0.1, -0.05) is 24.3 Å². The van der Waals surface area contributed by atoms with Gasteiger partial charge < -0.3 is 0 Å². The lowest BCUT2D eigenvalue weighted by Gasteiger charge is -2.16. The van der Waals surface area contributed by atoms with E-state index in [1.165, 1.54) is 12.1 Å². The molecule has 2 aromatic carbocycles. The molecule has 0 aliphatic heterocycles. The number of ketones is 2. The lowest BCUT2D eigenvalue weighted by Crippen LogP contribution is -2.22. The maximum atomic E-state index is 14.1. The third-order valence-electron chi connectivity index (χ3n) is 3.85. The van der Waals surface area contributed by atoms with Crippen molar-refractivity contribution in [1.82, 2.24) is 0 Å². The SMILES string of the molecule is O=C1c2ccccc2C(=O)C1c1c(F)c(F)c(C(F)(F)F)c(F)c1F. The zero-order valence-corrected chi connectivity index (χ0v) is 11.8. The van der Waals surface area contributed by atoms with Gasteiger partial charge in [0.1, 0.15) is 11.5 Å². The van der Waals surface area contributed by atoms with Crippen molar-refractivity contribution >= 4 is 11.6 Å². The van der Waals surface area contributed by atoms with Crippen LogP contribution in [0, 0.1) is 23.3 Å². The molecule has 0 radical (unpaired) electrons. The fourth-order valence-corrected chi connectivity index (χ4v) is 2.76. The van der Waals surface area contributed by atoms with Gasteiger partial charge in [-0.3, -0.25) is 9.59 Å².